The maximum atomic E-state index is 11.2. The van der Waals surface area contributed by atoms with Crippen LogP contribution in [0.4, 0.5) is 0 Å². The quantitative estimate of drug-likeness (QED) is 0.622. The molecule has 0 fully saturated rings. The van der Waals surface area contributed by atoms with Crippen LogP contribution in [0.15, 0.2) is 0 Å². The molecule has 3 nitrogen and oxygen atoms in total. The fourth-order valence-electron chi connectivity index (χ4n) is 0.577. The zero-order chi connectivity index (χ0) is 9.02. The lowest BCUT2D eigenvalue weighted by atomic mass is 10.2. The van der Waals surface area contributed by atoms with Gasteiger partial charge in [0.25, 0.3) is 0 Å². The molecule has 0 aromatic heterocycles. The van der Waals surface area contributed by atoms with Crippen molar-refractivity contribution in [1.82, 2.24) is 4.90 Å². The third-order valence-electron chi connectivity index (χ3n) is 1.65. The lowest BCUT2D eigenvalue weighted by molar-refractivity contribution is -0.127. The molecule has 0 spiro atoms. The van der Waals surface area contributed by atoms with E-state index in [1.165, 1.54) is 0 Å². The number of thioether (sulfide) groups is 1. The van der Waals surface area contributed by atoms with Crippen LogP contribution in [0.3, 0.4) is 0 Å². The van der Waals surface area contributed by atoms with E-state index in [0.717, 1.165) is 11.8 Å². The number of carbonyl (C=O) groups excluding carboxylic acids is 1. The summed E-state index contributed by atoms with van der Waals surface area (Å²) in [5.41, 5.74) is -0.882. The van der Waals surface area contributed by atoms with E-state index in [1.54, 1.807) is 18.1 Å². The van der Waals surface area contributed by atoms with E-state index < -0.39 is 5.44 Å². The number of hydrogen-bond donors (Lipinski definition) is 1. The van der Waals surface area contributed by atoms with Crippen molar-refractivity contribution >= 4 is 17.5 Å². The summed E-state index contributed by atoms with van der Waals surface area (Å²) in [6, 6.07) is -0.211. The van der Waals surface area contributed by atoms with E-state index in [0.29, 0.717) is 0 Å². The van der Waals surface area contributed by atoms with Gasteiger partial charge in [-0.2, -0.15) is 0 Å². The summed E-state index contributed by atoms with van der Waals surface area (Å²) in [7, 11) is 3.63. The van der Waals surface area contributed by atoms with Crippen molar-refractivity contribution in [3.8, 4) is 0 Å². The molecule has 0 bridgehead atoms. The zero-order valence-electron chi connectivity index (χ0n) is 7.37. The standard InChI is InChI=1S/C7H15NO2S/c1-5(8(2)3)6(9)7(10)11-4/h5,7,10H,1-4H3. The van der Waals surface area contributed by atoms with Crippen LogP contribution in [0.25, 0.3) is 0 Å². The zero-order valence-corrected chi connectivity index (χ0v) is 8.18. The van der Waals surface area contributed by atoms with Crippen molar-refractivity contribution in [2.75, 3.05) is 20.4 Å². The van der Waals surface area contributed by atoms with Gasteiger partial charge in [-0.05, 0) is 27.3 Å². The number of likely N-dealkylation sites (N-methyl/N-ethyl adjacent to an activating group) is 1. The molecule has 2 atom stereocenters. The van der Waals surface area contributed by atoms with Gasteiger partial charge in [-0.3, -0.25) is 9.69 Å². The fourth-order valence-corrected chi connectivity index (χ4v) is 1.01. The van der Waals surface area contributed by atoms with Crippen LogP contribution in [0, 0.1) is 0 Å². The Morgan fingerprint density at radius 2 is 2.00 bits per heavy atom. The van der Waals surface area contributed by atoms with Gasteiger partial charge >= 0.3 is 0 Å². The van der Waals surface area contributed by atoms with Crippen LogP contribution in [0.5, 0.6) is 0 Å². The second-order valence-corrected chi connectivity index (χ2v) is 3.55. The first-order valence-corrected chi connectivity index (χ1v) is 4.70. The van der Waals surface area contributed by atoms with E-state index in [-0.39, 0.29) is 11.8 Å². The van der Waals surface area contributed by atoms with Crippen LogP contribution in [-0.4, -0.2) is 47.6 Å². The highest BCUT2D eigenvalue weighted by Crippen LogP contribution is 2.07. The van der Waals surface area contributed by atoms with Crippen molar-refractivity contribution in [1.29, 1.82) is 0 Å². The minimum absolute atomic E-state index is 0.137. The van der Waals surface area contributed by atoms with Crippen molar-refractivity contribution in [2.45, 2.75) is 18.4 Å². The maximum absolute atomic E-state index is 11.2. The van der Waals surface area contributed by atoms with Crippen molar-refractivity contribution < 1.29 is 9.90 Å². The third-order valence-corrected chi connectivity index (χ3v) is 2.33. The van der Waals surface area contributed by atoms with Crippen molar-refractivity contribution in [3.63, 3.8) is 0 Å². The van der Waals surface area contributed by atoms with Gasteiger partial charge in [0.2, 0.25) is 0 Å². The van der Waals surface area contributed by atoms with Gasteiger partial charge in [-0.25, -0.2) is 0 Å². The molecule has 0 aliphatic carbocycles. The lowest BCUT2D eigenvalue weighted by Crippen LogP contribution is -2.38. The molecule has 1 N–H and O–H groups in total. The molecular weight excluding hydrogens is 162 g/mol. The monoisotopic (exact) mass is 177 g/mol. The van der Waals surface area contributed by atoms with E-state index in [4.69, 9.17) is 5.11 Å². The first kappa shape index (κ1) is 10.9. The molecule has 0 radical (unpaired) electrons. The summed E-state index contributed by atoms with van der Waals surface area (Å²) < 4.78 is 0. The van der Waals surface area contributed by atoms with E-state index >= 15 is 0 Å². The van der Waals surface area contributed by atoms with Crippen LogP contribution >= 0.6 is 11.8 Å². The molecule has 0 aromatic carbocycles. The van der Waals surface area contributed by atoms with E-state index in [1.807, 2.05) is 14.1 Å². The van der Waals surface area contributed by atoms with Gasteiger partial charge in [-0.1, -0.05) is 0 Å². The summed E-state index contributed by atoms with van der Waals surface area (Å²) in [5, 5.41) is 9.13. The number of rotatable bonds is 4. The fraction of sp³-hybridized carbons (Fsp3) is 0.857. The average molecular weight is 177 g/mol. The molecule has 0 rings (SSSR count). The number of Topliss-reactive ketones (excluding diaryl/α,β-unsaturated/α-hetero) is 1. The van der Waals surface area contributed by atoms with Gasteiger partial charge in [0.15, 0.2) is 11.2 Å². The Morgan fingerprint density at radius 1 is 1.55 bits per heavy atom. The second kappa shape index (κ2) is 4.74. The van der Waals surface area contributed by atoms with Crippen LogP contribution < -0.4 is 0 Å². The molecule has 0 amide bonds. The number of nitrogens with zero attached hydrogens (tertiary/aromatic N) is 1. The number of aliphatic hydroxyl groups is 1. The van der Waals surface area contributed by atoms with Crippen molar-refractivity contribution in [3.05, 3.63) is 0 Å². The highest BCUT2D eigenvalue weighted by molar-refractivity contribution is 7.99. The Bertz CT molecular complexity index is 138. The first-order valence-electron chi connectivity index (χ1n) is 3.41. The Morgan fingerprint density at radius 3 is 2.27 bits per heavy atom. The second-order valence-electron chi connectivity index (χ2n) is 2.63. The molecule has 0 saturated carbocycles. The van der Waals surface area contributed by atoms with Crippen LogP contribution in [-0.2, 0) is 4.79 Å². The molecule has 0 heterocycles. The van der Waals surface area contributed by atoms with Crippen LogP contribution in [0.1, 0.15) is 6.92 Å². The molecule has 66 valence electrons. The largest absolute Gasteiger partial charge is 0.375 e. The minimum Gasteiger partial charge on any atom is -0.375 e. The molecule has 0 saturated heterocycles. The topological polar surface area (TPSA) is 40.5 Å². The van der Waals surface area contributed by atoms with E-state index in [2.05, 4.69) is 0 Å². The van der Waals surface area contributed by atoms with Gasteiger partial charge in [0.1, 0.15) is 0 Å². The SMILES string of the molecule is CSC(O)C(=O)C(C)N(C)C. The first-order chi connectivity index (χ1) is 5.00. The Balaban J connectivity index is 4.02. The van der Waals surface area contributed by atoms with E-state index in [9.17, 15) is 4.79 Å². The molecule has 4 heteroatoms. The lowest BCUT2D eigenvalue weighted by Gasteiger charge is -2.20. The van der Waals surface area contributed by atoms with Crippen molar-refractivity contribution in [2.24, 2.45) is 0 Å². The molecule has 0 aromatic rings. The molecular formula is C7H15NO2S. The maximum Gasteiger partial charge on any atom is 0.188 e. The predicted octanol–water partition coefficient (Wildman–Crippen LogP) is 0.187. The number of carbonyl (C=O) groups is 1. The smallest absolute Gasteiger partial charge is 0.188 e. The highest BCUT2D eigenvalue weighted by Gasteiger charge is 2.21. The number of aliphatic hydroxyl groups excluding tert-OH is 1. The van der Waals surface area contributed by atoms with Gasteiger partial charge in [0, 0.05) is 0 Å². The predicted molar refractivity (Wildman–Crippen MR) is 47.7 cm³/mol. The molecule has 11 heavy (non-hydrogen) atoms. The Hall–Kier alpha value is -0.0600. The molecule has 0 aliphatic heterocycles. The highest BCUT2D eigenvalue weighted by atomic mass is 32.2. The van der Waals surface area contributed by atoms with Gasteiger partial charge in [0.05, 0.1) is 6.04 Å². The number of hydrogen-bond acceptors (Lipinski definition) is 4. The van der Waals surface area contributed by atoms with Crippen LogP contribution in [0.2, 0.25) is 0 Å². The minimum atomic E-state index is -0.882. The Labute approximate surface area is 71.8 Å². The Kier molecular flexibility index (Phi) is 4.72. The summed E-state index contributed by atoms with van der Waals surface area (Å²) in [4.78, 5) is 13.0. The molecule has 0 aliphatic rings. The summed E-state index contributed by atoms with van der Waals surface area (Å²) >= 11 is 1.16. The summed E-state index contributed by atoms with van der Waals surface area (Å²) in [6.07, 6.45) is 1.71. The normalized spacial score (nSPS) is 16.5. The summed E-state index contributed by atoms with van der Waals surface area (Å²) in [6.45, 7) is 1.78. The summed E-state index contributed by atoms with van der Waals surface area (Å²) in [5.74, 6) is -0.137. The number of ketones is 1. The van der Waals surface area contributed by atoms with Gasteiger partial charge < -0.3 is 5.11 Å². The van der Waals surface area contributed by atoms with Gasteiger partial charge in [-0.15, -0.1) is 11.8 Å². The molecule has 2 unspecified atom stereocenters. The third kappa shape index (κ3) is 3.22. The average Bonchev–Trinajstić information content (AvgIpc) is 2.00.